The van der Waals surface area contributed by atoms with Crippen LogP contribution < -0.4 is 0 Å². The highest BCUT2D eigenvalue weighted by Gasteiger charge is 2.22. The lowest BCUT2D eigenvalue weighted by atomic mass is 10.1. The third-order valence-electron chi connectivity index (χ3n) is 3.42. The van der Waals surface area contributed by atoms with Gasteiger partial charge in [-0.25, -0.2) is 8.42 Å². The Morgan fingerprint density at radius 3 is 2.27 bits per heavy atom. The molecule has 22 heavy (non-hydrogen) atoms. The van der Waals surface area contributed by atoms with Gasteiger partial charge in [0.1, 0.15) is 0 Å². The minimum Gasteiger partial charge on any atom is -0.340 e. The van der Waals surface area contributed by atoms with Gasteiger partial charge in [0.05, 0.1) is 12.8 Å². The highest BCUT2D eigenvalue weighted by molar-refractivity contribution is 7.88. The Labute approximate surface area is 134 Å². The monoisotopic (exact) mass is 326 g/mol. The zero-order valence-corrected chi connectivity index (χ0v) is 14.6. The first-order chi connectivity index (χ1) is 10.2. The third kappa shape index (κ3) is 6.58. The average Bonchev–Trinajstić information content (AvgIpc) is 2.42. The number of sulfonamides is 1. The normalized spacial score (nSPS) is 11.9. The van der Waals surface area contributed by atoms with Gasteiger partial charge in [0, 0.05) is 20.1 Å². The van der Waals surface area contributed by atoms with E-state index in [9.17, 15) is 13.2 Å². The molecule has 0 heterocycles. The molecule has 0 atom stereocenters. The number of nitrogens with zero attached hydrogens (tertiary/aromatic N) is 2. The van der Waals surface area contributed by atoms with Crippen molar-refractivity contribution in [2.24, 2.45) is 5.92 Å². The Balaban J connectivity index is 2.65. The average molecular weight is 326 g/mol. The lowest BCUT2D eigenvalue weighted by molar-refractivity contribution is -0.130. The van der Waals surface area contributed by atoms with Crippen molar-refractivity contribution in [3.8, 4) is 0 Å². The summed E-state index contributed by atoms with van der Waals surface area (Å²) in [6, 6.07) is 9.63. The van der Waals surface area contributed by atoms with Gasteiger partial charge in [-0.2, -0.15) is 4.31 Å². The topological polar surface area (TPSA) is 57.7 Å². The van der Waals surface area contributed by atoms with Gasteiger partial charge in [0.15, 0.2) is 0 Å². The van der Waals surface area contributed by atoms with Crippen LogP contribution in [-0.4, -0.2) is 49.9 Å². The van der Waals surface area contributed by atoms with Crippen molar-refractivity contribution < 1.29 is 13.2 Å². The molecule has 0 bridgehead atoms. The fourth-order valence-electron chi connectivity index (χ4n) is 1.98. The quantitative estimate of drug-likeness (QED) is 0.734. The molecule has 0 aliphatic rings. The smallest absolute Gasteiger partial charge is 0.237 e. The number of hydrogen-bond donors (Lipinski definition) is 0. The van der Waals surface area contributed by atoms with Crippen LogP contribution in [0.5, 0.6) is 0 Å². The molecule has 0 aliphatic carbocycles. The van der Waals surface area contributed by atoms with E-state index in [2.05, 4.69) is 0 Å². The molecule has 0 spiro atoms. The van der Waals surface area contributed by atoms with E-state index >= 15 is 0 Å². The number of carbonyl (C=O) groups is 1. The van der Waals surface area contributed by atoms with E-state index < -0.39 is 10.0 Å². The lowest BCUT2D eigenvalue weighted by Crippen LogP contribution is -2.41. The number of carbonyl (C=O) groups excluding carboxylic acids is 1. The summed E-state index contributed by atoms with van der Waals surface area (Å²) in [6.45, 7) is 4.81. The maximum Gasteiger partial charge on any atom is 0.237 e. The Hall–Kier alpha value is -1.40. The molecule has 0 radical (unpaired) electrons. The van der Waals surface area contributed by atoms with Crippen LogP contribution in [0.15, 0.2) is 30.3 Å². The molecule has 0 N–H and O–H groups in total. The molecule has 6 heteroatoms. The summed E-state index contributed by atoms with van der Waals surface area (Å²) in [7, 11) is -1.68. The predicted octanol–water partition coefficient (Wildman–Crippen LogP) is 1.95. The summed E-state index contributed by atoms with van der Waals surface area (Å²) in [5.74, 6) is 0.194. The molecule has 0 unspecified atom stereocenters. The molecule has 1 aromatic carbocycles. The molecule has 1 rings (SSSR count). The van der Waals surface area contributed by atoms with E-state index in [1.165, 1.54) is 4.31 Å². The maximum atomic E-state index is 12.3. The Morgan fingerprint density at radius 2 is 1.77 bits per heavy atom. The van der Waals surface area contributed by atoms with Crippen molar-refractivity contribution in [3.63, 3.8) is 0 Å². The minimum absolute atomic E-state index is 0.102. The summed E-state index contributed by atoms with van der Waals surface area (Å²) in [5, 5.41) is 0. The van der Waals surface area contributed by atoms with Gasteiger partial charge < -0.3 is 4.90 Å². The van der Waals surface area contributed by atoms with Crippen molar-refractivity contribution >= 4 is 15.9 Å². The zero-order valence-electron chi connectivity index (χ0n) is 13.8. The van der Waals surface area contributed by atoms with Crippen molar-refractivity contribution in [2.75, 3.05) is 26.4 Å². The Morgan fingerprint density at radius 1 is 1.18 bits per heavy atom. The molecule has 124 valence electrons. The molecule has 0 aromatic heterocycles. The SMILES string of the molecule is CC(C)CCN(CC(=O)N(C)Cc1ccccc1)S(C)(=O)=O. The number of benzene rings is 1. The van der Waals surface area contributed by atoms with Gasteiger partial charge in [-0.1, -0.05) is 44.2 Å². The van der Waals surface area contributed by atoms with Crippen molar-refractivity contribution in [3.05, 3.63) is 35.9 Å². The summed E-state index contributed by atoms with van der Waals surface area (Å²) in [4.78, 5) is 13.8. The Kier molecular flexibility index (Phi) is 7.03. The molecule has 1 amide bonds. The molecular formula is C16H26N2O3S. The predicted molar refractivity (Wildman–Crippen MR) is 88.8 cm³/mol. The fraction of sp³-hybridized carbons (Fsp3) is 0.562. The van der Waals surface area contributed by atoms with Crippen LogP contribution in [0.4, 0.5) is 0 Å². The molecular weight excluding hydrogens is 300 g/mol. The van der Waals surface area contributed by atoms with Gasteiger partial charge >= 0.3 is 0 Å². The van der Waals surface area contributed by atoms with Gasteiger partial charge in [0.25, 0.3) is 0 Å². The molecule has 1 aromatic rings. The number of rotatable bonds is 8. The lowest BCUT2D eigenvalue weighted by Gasteiger charge is -2.24. The molecule has 0 aliphatic heterocycles. The maximum absolute atomic E-state index is 12.3. The van der Waals surface area contributed by atoms with Gasteiger partial charge in [-0.05, 0) is 17.9 Å². The van der Waals surface area contributed by atoms with E-state index in [-0.39, 0.29) is 12.5 Å². The van der Waals surface area contributed by atoms with Crippen LogP contribution in [0.1, 0.15) is 25.8 Å². The minimum atomic E-state index is -3.38. The van der Waals surface area contributed by atoms with E-state index in [0.717, 1.165) is 18.2 Å². The van der Waals surface area contributed by atoms with Crippen LogP contribution in [0.25, 0.3) is 0 Å². The van der Waals surface area contributed by atoms with Crippen molar-refractivity contribution in [2.45, 2.75) is 26.8 Å². The fourth-order valence-corrected chi connectivity index (χ4v) is 2.76. The van der Waals surface area contributed by atoms with E-state index in [4.69, 9.17) is 0 Å². The first-order valence-electron chi connectivity index (χ1n) is 7.43. The second kappa shape index (κ2) is 8.29. The van der Waals surface area contributed by atoms with Crippen molar-refractivity contribution in [1.82, 2.24) is 9.21 Å². The molecule has 0 fully saturated rings. The second-order valence-corrected chi connectivity index (χ2v) is 8.00. The number of hydrogen-bond acceptors (Lipinski definition) is 3. The van der Waals surface area contributed by atoms with Crippen molar-refractivity contribution in [1.29, 1.82) is 0 Å². The molecule has 0 saturated heterocycles. The van der Waals surface area contributed by atoms with Gasteiger partial charge in [-0.3, -0.25) is 4.79 Å². The molecule has 0 saturated carbocycles. The highest BCUT2D eigenvalue weighted by Crippen LogP contribution is 2.08. The summed E-state index contributed by atoms with van der Waals surface area (Å²) >= 11 is 0. The third-order valence-corrected chi connectivity index (χ3v) is 4.67. The number of amides is 1. The van der Waals surface area contributed by atoms with Crippen LogP contribution in [0.3, 0.4) is 0 Å². The summed E-state index contributed by atoms with van der Waals surface area (Å²) in [5.41, 5.74) is 1.02. The first kappa shape index (κ1) is 18.6. The van der Waals surface area contributed by atoms with Crippen LogP contribution in [0.2, 0.25) is 0 Å². The van der Waals surface area contributed by atoms with E-state index in [0.29, 0.717) is 19.0 Å². The standard InChI is InChI=1S/C16H26N2O3S/c1-14(2)10-11-18(22(4,20)21)13-16(19)17(3)12-15-8-6-5-7-9-15/h5-9,14H,10-13H2,1-4H3. The Bertz CT molecular complexity index is 570. The van der Waals surface area contributed by atoms with E-state index in [1.807, 2.05) is 44.2 Å². The van der Waals surface area contributed by atoms with Gasteiger partial charge in [0.2, 0.25) is 15.9 Å². The van der Waals surface area contributed by atoms with Gasteiger partial charge in [-0.15, -0.1) is 0 Å². The zero-order chi connectivity index (χ0) is 16.8. The highest BCUT2D eigenvalue weighted by atomic mass is 32.2. The van der Waals surface area contributed by atoms with Crippen LogP contribution in [0, 0.1) is 5.92 Å². The van der Waals surface area contributed by atoms with Crippen LogP contribution >= 0.6 is 0 Å². The summed E-state index contributed by atoms with van der Waals surface area (Å²) < 4.78 is 24.9. The largest absolute Gasteiger partial charge is 0.340 e. The number of likely N-dealkylation sites (N-methyl/N-ethyl adjacent to an activating group) is 1. The summed E-state index contributed by atoms with van der Waals surface area (Å²) in [6.07, 6.45) is 1.89. The molecule has 5 nitrogen and oxygen atoms in total. The van der Waals surface area contributed by atoms with Crippen LogP contribution in [-0.2, 0) is 21.4 Å². The van der Waals surface area contributed by atoms with E-state index in [1.54, 1.807) is 11.9 Å². The second-order valence-electron chi connectivity index (χ2n) is 6.01. The first-order valence-corrected chi connectivity index (χ1v) is 9.28.